The molecule has 0 saturated carbocycles. The molecule has 0 saturated heterocycles. The molecule has 0 amide bonds. The van der Waals surface area contributed by atoms with E-state index < -0.39 is 0 Å². The Balaban J connectivity index is 2.23. The summed E-state index contributed by atoms with van der Waals surface area (Å²) in [6.07, 6.45) is 1.69. The van der Waals surface area contributed by atoms with Crippen LogP contribution in [-0.2, 0) is 0 Å². The van der Waals surface area contributed by atoms with Crippen molar-refractivity contribution >= 4 is 27.7 Å². The fraction of sp³-hybridized carbons (Fsp3) is 0.167. The highest BCUT2D eigenvalue weighted by Crippen LogP contribution is 2.31. The number of pyridine rings is 1. The number of benzene rings is 1. The molecule has 0 bridgehead atoms. The molecule has 0 aliphatic carbocycles. The highest BCUT2D eigenvalue weighted by molar-refractivity contribution is 8.14. The Labute approximate surface area is 97.2 Å². The van der Waals surface area contributed by atoms with E-state index in [1.807, 2.05) is 24.3 Å². The van der Waals surface area contributed by atoms with Gasteiger partial charge in [-0.1, -0.05) is 12.1 Å². The van der Waals surface area contributed by atoms with E-state index in [0.717, 1.165) is 28.3 Å². The van der Waals surface area contributed by atoms with Crippen LogP contribution in [-0.4, -0.2) is 27.4 Å². The van der Waals surface area contributed by atoms with Crippen LogP contribution in [0.3, 0.4) is 0 Å². The van der Waals surface area contributed by atoms with Crippen molar-refractivity contribution in [3.8, 4) is 5.75 Å². The smallest absolute Gasteiger partial charge is 0.151 e. The van der Waals surface area contributed by atoms with Gasteiger partial charge in [0.15, 0.2) is 5.75 Å². The topological polar surface area (TPSA) is 45.5 Å². The maximum atomic E-state index is 10.2. The van der Waals surface area contributed by atoms with Gasteiger partial charge in [0, 0.05) is 23.9 Å². The molecule has 1 aromatic carbocycles. The van der Waals surface area contributed by atoms with E-state index in [-0.39, 0.29) is 5.75 Å². The van der Waals surface area contributed by atoms with Gasteiger partial charge in [-0.25, -0.2) is 0 Å². The van der Waals surface area contributed by atoms with Crippen LogP contribution in [0, 0.1) is 0 Å². The van der Waals surface area contributed by atoms with Crippen molar-refractivity contribution in [1.29, 1.82) is 0 Å². The van der Waals surface area contributed by atoms with E-state index in [4.69, 9.17) is 0 Å². The van der Waals surface area contributed by atoms with E-state index in [2.05, 4.69) is 9.98 Å². The number of aliphatic imine (C=N–C) groups is 1. The van der Waals surface area contributed by atoms with Gasteiger partial charge in [-0.15, -0.1) is 11.8 Å². The number of aromatic nitrogens is 1. The maximum Gasteiger partial charge on any atom is 0.151 e. The molecular weight excluding hydrogens is 220 g/mol. The standard InChI is InChI=1S/C12H10N2OS/c15-11-9(12-14-6-7-16-12)4-3-8-2-1-5-13-10(8)11/h1-5,15H,6-7H2. The largest absolute Gasteiger partial charge is 0.505 e. The van der Waals surface area contributed by atoms with Crippen LogP contribution in [0.1, 0.15) is 5.56 Å². The Morgan fingerprint density at radius 1 is 1.25 bits per heavy atom. The summed E-state index contributed by atoms with van der Waals surface area (Å²) < 4.78 is 0. The average Bonchev–Trinajstić information content (AvgIpc) is 2.83. The Hall–Kier alpha value is -1.55. The first kappa shape index (κ1) is 9.66. The van der Waals surface area contributed by atoms with Crippen molar-refractivity contribution in [2.24, 2.45) is 4.99 Å². The molecule has 1 N–H and O–H groups in total. The van der Waals surface area contributed by atoms with Crippen molar-refractivity contribution in [3.05, 3.63) is 36.0 Å². The van der Waals surface area contributed by atoms with E-state index in [0.29, 0.717) is 5.52 Å². The molecule has 1 aliphatic rings. The van der Waals surface area contributed by atoms with Crippen LogP contribution in [0.25, 0.3) is 10.9 Å². The third-order valence-electron chi connectivity index (χ3n) is 2.56. The second-order valence-electron chi connectivity index (χ2n) is 3.57. The summed E-state index contributed by atoms with van der Waals surface area (Å²) in [7, 11) is 0. The summed E-state index contributed by atoms with van der Waals surface area (Å²) in [4.78, 5) is 8.56. The number of thioether (sulfide) groups is 1. The average molecular weight is 230 g/mol. The number of hydrogen-bond acceptors (Lipinski definition) is 4. The van der Waals surface area contributed by atoms with Crippen LogP contribution < -0.4 is 0 Å². The summed E-state index contributed by atoms with van der Waals surface area (Å²) >= 11 is 1.68. The molecule has 3 rings (SSSR count). The van der Waals surface area contributed by atoms with Gasteiger partial charge in [0.25, 0.3) is 0 Å². The summed E-state index contributed by atoms with van der Waals surface area (Å²) in [6.45, 7) is 0.833. The molecule has 2 aromatic rings. The molecule has 1 aromatic heterocycles. The van der Waals surface area contributed by atoms with Crippen LogP contribution in [0.4, 0.5) is 0 Å². The first-order valence-corrected chi connectivity index (χ1v) is 6.09. The number of aromatic hydroxyl groups is 1. The molecule has 1 aliphatic heterocycles. The predicted molar refractivity (Wildman–Crippen MR) is 67.3 cm³/mol. The minimum Gasteiger partial charge on any atom is -0.505 e. The van der Waals surface area contributed by atoms with Crippen LogP contribution in [0.2, 0.25) is 0 Å². The van der Waals surface area contributed by atoms with Crippen LogP contribution >= 0.6 is 11.8 Å². The molecular formula is C12H10N2OS. The van der Waals surface area contributed by atoms with Crippen molar-refractivity contribution in [1.82, 2.24) is 4.98 Å². The van der Waals surface area contributed by atoms with Crippen molar-refractivity contribution in [2.45, 2.75) is 0 Å². The molecule has 16 heavy (non-hydrogen) atoms. The zero-order chi connectivity index (χ0) is 11.0. The van der Waals surface area contributed by atoms with E-state index in [1.54, 1.807) is 18.0 Å². The van der Waals surface area contributed by atoms with E-state index in [9.17, 15) is 5.11 Å². The molecule has 0 atom stereocenters. The fourth-order valence-corrected chi connectivity index (χ4v) is 2.68. The van der Waals surface area contributed by atoms with Crippen LogP contribution in [0.5, 0.6) is 5.75 Å². The molecule has 2 heterocycles. The van der Waals surface area contributed by atoms with Gasteiger partial charge < -0.3 is 5.11 Å². The fourth-order valence-electron chi connectivity index (χ4n) is 1.80. The van der Waals surface area contributed by atoms with Gasteiger partial charge in [0.05, 0.1) is 5.56 Å². The lowest BCUT2D eigenvalue weighted by Crippen LogP contribution is -1.93. The van der Waals surface area contributed by atoms with Crippen molar-refractivity contribution in [2.75, 3.05) is 12.3 Å². The van der Waals surface area contributed by atoms with Gasteiger partial charge in [-0.2, -0.15) is 0 Å². The Morgan fingerprint density at radius 3 is 3.00 bits per heavy atom. The summed E-state index contributed by atoms with van der Waals surface area (Å²) in [5, 5.41) is 12.0. The molecule has 0 fully saturated rings. The van der Waals surface area contributed by atoms with Crippen molar-refractivity contribution in [3.63, 3.8) is 0 Å². The quantitative estimate of drug-likeness (QED) is 0.818. The van der Waals surface area contributed by atoms with Gasteiger partial charge in [0.2, 0.25) is 0 Å². The third-order valence-corrected chi connectivity index (χ3v) is 3.57. The molecule has 80 valence electrons. The second-order valence-corrected chi connectivity index (χ2v) is 4.66. The first-order valence-electron chi connectivity index (χ1n) is 5.10. The zero-order valence-corrected chi connectivity index (χ0v) is 9.37. The number of phenolic OH excluding ortho intramolecular Hbond substituents is 1. The predicted octanol–water partition coefficient (Wildman–Crippen LogP) is 2.43. The maximum absolute atomic E-state index is 10.2. The van der Waals surface area contributed by atoms with Crippen molar-refractivity contribution < 1.29 is 5.11 Å². The van der Waals surface area contributed by atoms with E-state index in [1.165, 1.54) is 0 Å². The lowest BCUT2D eigenvalue weighted by molar-refractivity contribution is 0.479. The first-order chi connectivity index (χ1) is 7.86. The van der Waals surface area contributed by atoms with Gasteiger partial charge in [-0.05, 0) is 12.1 Å². The summed E-state index contributed by atoms with van der Waals surface area (Å²) in [6, 6.07) is 7.69. The molecule has 3 nitrogen and oxygen atoms in total. The Bertz CT molecular complexity index is 580. The Kier molecular flexibility index (Phi) is 2.29. The summed E-state index contributed by atoms with van der Waals surface area (Å²) in [5.74, 6) is 1.24. The number of rotatable bonds is 1. The third kappa shape index (κ3) is 1.46. The van der Waals surface area contributed by atoms with Crippen LogP contribution in [0.15, 0.2) is 35.5 Å². The number of fused-ring (bicyclic) bond motifs is 1. The lowest BCUT2D eigenvalue weighted by Gasteiger charge is -2.06. The second kappa shape index (κ2) is 3.79. The zero-order valence-electron chi connectivity index (χ0n) is 8.55. The highest BCUT2D eigenvalue weighted by Gasteiger charge is 2.15. The molecule has 4 heteroatoms. The molecule has 0 radical (unpaired) electrons. The van der Waals surface area contributed by atoms with E-state index >= 15 is 0 Å². The van der Waals surface area contributed by atoms with Gasteiger partial charge in [-0.3, -0.25) is 9.98 Å². The number of hydrogen-bond donors (Lipinski definition) is 1. The van der Waals surface area contributed by atoms with Gasteiger partial charge in [0.1, 0.15) is 10.6 Å². The highest BCUT2D eigenvalue weighted by atomic mass is 32.2. The molecule has 0 unspecified atom stereocenters. The normalized spacial score (nSPS) is 15.4. The van der Waals surface area contributed by atoms with Gasteiger partial charge >= 0.3 is 0 Å². The Morgan fingerprint density at radius 2 is 2.19 bits per heavy atom. The monoisotopic (exact) mass is 230 g/mol. The lowest BCUT2D eigenvalue weighted by atomic mass is 10.1. The minimum absolute atomic E-state index is 0.242. The number of phenols is 1. The molecule has 0 spiro atoms. The number of nitrogens with zero attached hydrogens (tertiary/aromatic N) is 2. The SMILES string of the molecule is Oc1c(C2=NCCS2)ccc2cccnc12. The minimum atomic E-state index is 0.242. The summed E-state index contributed by atoms with van der Waals surface area (Å²) in [5.41, 5.74) is 1.45.